The van der Waals surface area contributed by atoms with E-state index < -0.39 is 0 Å². The van der Waals surface area contributed by atoms with Crippen molar-refractivity contribution in [2.24, 2.45) is 0 Å². The van der Waals surface area contributed by atoms with E-state index in [2.05, 4.69) is 0 Å². The standard InChI is InChI=1S/C.Al.2Ti.V. The fourth-order valence-electron chi connectivity index (χ4n) is 0. The fourth-order valence-corrected chi connectivity index (χ4v) is 0. The summed E-state index contributed by atoms with van der Waals surface area (Å²) < 4.78 is 0. The Kier molecular flexibility index (Phi) is 310. The molecule has 5 heavy (non-hydrogen) atoms. The van der Waals surface area contributed by atoms with Crippen LogP contribution in [0.3, 0.4) is 0 Å². The van der Waals surface area contributed by atoms with Crippen molar-refractivity contribution in [2.45, 2.75) is 0 Å². The molecule has 0 amide bonds. The minimum atomic E-state index is 0. The Hall–Kier alpha value is 2.55. The molecule has 0 atom stereocenters. The van der Waals surface area contributed by atoms with Gasteiger partial charge < -0.3 is 0 Å². The molecule has 0 bridgehead atoms. The Bertz CT molecular complexity index is 9.61. The molecule has 0 aromatic heterocycles. The molecule has 4 heteroatoms. The molecule has 0 fully saturated rings. The summed E-state index contributed by atoms with van der Waals surface area (Å²) in [6.45, 7) is 0. The van der Waals surface area contributed by atoms with Crippen LogP contribution >= 0.6 is 0 Å². The largest absolute Gasteiger partial charge is 0 e. The van der Waals surface area contributed by atoms with E-state index in [9.17, 15) is 0 Å². The predicted molar refractivity (Wildman–Crippen MR) is 9.00 cm³/mol. The van der Waals surface area contributed by atoms with E-state index in [4.69, 9.17) is 0 Å². The molecule has 8 radical (unpaired) electrons. The molecule has 0 nitrogen and oxygen atoms in total. The van der Waals surface area contributed by atoms with E-state index in [0.29, 0.717) is 0 Å². The molecule has 0 aromatic carbocycles. The molecule has 0 N–H and O–H groups in total. The second-order valence-electron chi connectivity index (χ2n) is 0. The number of hydrogen-bond donors (Lipinski definition) is 0. The fraction of sp³-hybridized carbons (Fsp3) is 0. The van der Waals surface area contributed by atoms with Crippen LogP contribution in [0.4, 0.5) is 0 Å². The van der Waals surface area contributed by atoms with Gasteiger partial charge in [-0.25, -0.2) is 0 Å². The zero-order valence-corrected chi connectivity index (χ0v) is 8.20. The van der Waals surface area contributed by atoms with Crippen molar-refractivity contribution in [3.05, 3.63) is 7.43 Å². The predicted octanol–water partition coefficient (Wildman–Crippen LogP) is -0.307. The third-order valence-corrected chi connectivity index (χ3v) is 0. The van der Waals surface area contributed by atoms with Crippen LogP contribution in [-0.2, 0) is 62.0 Å². The SMILES string of the molecule is [Al].[C].[Ti].[Ti].[V]. The number of hydrogen-bond acceptors (Lipinski definition) is 0. The van der Waals surface area contributed by atoms with Gasteiger partial charge in [-0.05, 0) is 0 Å². The van der Waals surface area contributed by atoms with Crippen LogP contribution < -0.4 is 0 Å². The molecule has 20 valence electrons. The van der Waals surface area contributed by atoms with E-state index in [1.54, 1.807) is 0 Å². The zero-order valence-electron chi connectivity index (χ0n) is 2.52. The summed E-state index contributed by atoms with van der Waals surface area (Å²) in [6.07, 6.45) is 0. The van der Waals surface area contributed by atoms with Gasteiger partial charge in [0.05, 0.1) is 0 Å². The maximum absolute atomic E-state index is 0. The minimum Gasteiger partial charge on any atom is 0 e. The van der Waals surface area contributed by atoms with E-state index in [1.165, 1.54) is 0 Å². The first-order chi connectivity index (χ1) is 0. The van der Waals surface area contributed by atoms with Crippen LogP contribution in [0.15, 0.2) is 0 Å². The molecule has 0 saturated heterocycles. The maximum Gasteiger partial charge on any atom is 0 e. The first-order valence-electron chi connectivity index (χ1n) is 0. The van der Waals surface area contributed by atoms with Crippen molar-refractivity contribution in [3.63, 3.8) is 0 Å². The van der Waals surface area contributed by atoms with Gasteiger partial charge in [-0.2, -0.15) is 0 Å². The number of rotatable bonds is 0. The summed E-state index contributed by atoms with van der Waals surface area (Å²) in [7, 11) is 0. The molecular weight excluding hydrogens is 186 g/mol. The molecule has 0 aliphatic rings. The van der Waals surface area contributed by atoms with Crippen LogP contribution in [0.2, 0.25) is 0 Å². The van der Waals surface area contributed by atoms with E-state index in [0.717, 1.165) is 0 Å². The van der Waals surface area contributed by atoms with Crippen molar-refractivity contribution in [1.82, 2.24) is 0 Å². The maximum atomic E-state index is 0. The third kappa shape index (κ3) is 20.9. The van der Waals surface area contributed by atoms with Gasteiger partial charge in [-0.15, -0.1) is 0 Å². The quantitative estimate of drug-likeness (QED) is 0.455. The topological polar surface area (TPSA) is 0 Å². The Labute approximate surface area is 85.6 Å². The summed E-state index contributed by atoms with van der Waals surface area (Å²) in [4.78, 5) is 0. The Morgan fingerprint density at radius 1 is 0.800 bits per heavy atom. The Morgan fingerprint density at radius 3 is 0.800 bits per heavy atom. The van der Waals surface area contributed by atoms with Gasteiger partial charge in [0.2, 0.25) is 0 Å². The van der Waals surface area contributed by atoms with Crippen LogP contribution in [0.5, 0.6) is 0 Å². The van der Waals surface area contributed by atoms with Gasteiger partial charge in [0.1, 0.15) is 0 Å². The van der Waals surface area contributed by atoms with Crippen LogP contribution in [0.1, 0.15) is 0 Å². The average molecular weight is 186 g/mol. The summed E-state index contributed by atoms with van der Waals surface area (Å²) >= 11 is 0. The van der Waals surface area contributed by atoms with Gasteiger partial charge in [0.25, 0.3) is 0 Å². The van der Waals surface area contributed by atoms with E-state index in [-0.39, 0.29) is 86.8 Å². The average Bonchev–Trinajstić information content (AvgIpc) is 0. The van der Waals surface area contributed by atoms with Crippen molar-refractivity contribution < 1.29 is 62.0 Å². The van der Waals surface area contributed by atoms with Crippen molar-refractivity contribution in [2.75, 3.05) is 0 Å². The third-order valence-electron chi connectivity index (χ3n) is 0. The molecule has 0 aromatic rings. The second-order valence-corrected chi connectivity index (χ2v) is 0. The van der Waals surface area contributed by atoms with Gasteiger partial charge in [0, 0.05) is 86.8 Å². The van der Waals surface area contributed by atoms with E-state index >= 15 is 0 Å². The van der Waals surface area contributed by atoms with Crippen molar-refractivity contribution in [1.29, 1.82) is 0 Å². The van der Waals surface area contributed by atoms with Crippen molar-refractivity contribution in [3.8, 4) is 0 Å². The van der Waals surface area contributed by atoms with Crippen molar-refractivity contribution >= 4 is 17.4 Å². The first kappa shape index (κ1) is 49.9. The normalized spacial score (nSPS) is 0. The summed E-state index contributed by atoms with van der Waals surface area (Å²) in [5.41, 5.74) is 0. The summed E-state index contributed by atoms with van der Waals surface area (Å²) in [6, 6.07) is 0. The van der Waals surface area contributed by atoms with Crippen LogP contribution in [0, 0.1) is 7.43 Å². The zero-order chi connectivity index (χ0) is 0. The minimum absolute atomic E-state index is 0. The molecule has 0 rings (SSSR count). The van der Waals surface area contributed by atoms with Crippen LogP contribution in [-0.4, -0.2) is 17.4 Å². The summed E-state index contributed by atoms with van der Waals surface area (Å²) in [5, 5.41) is 0. The van der Waals surface area contributed by atoms with Gasteiger partial charge in [-0.3, -0.25) is 0 Å². The summed E-state index contributed by atoms with van der Waals surface area (Å²) in [5.74, 6) is 0. The van der Waals surface area contributed by atoms with Gasteiger partial charge in [0.15, 0.2) is 0 Å². The Balaban J connectivity index is 0. The second kappa shape index (κ2) is 31.1. The van der Waals surface area contributed by atoms with Crippen LogP contribution in [0.25, 0.3) is 0 Å². The molecule has 0 heterocycles. The monoisotopic (exact) mass is 186 g/mol. The Morgan fingerprint density at radius 2 is 0.800 bits per heavy atom. The van der Waals surface area contributed by atoms with E-state index in [1.807, 2.05) is 0 Å². The molecule has 0 aliphatic carbocycles. The molecular formula is CAlTi2V. The smallest absolute Gasteiger partial charge is 0 e. The molecule has 0 spiro atoms. The molecule has 0 aliphatic heterocycles. The molecule has 0 saturated carbocycles. The van der Waals surface area contributed by atoms with Gasteiger partial charge in [-0.1, -0.05) is 0 Å². The van der Waals surface area contributed by atoms with Gasteiger partial charge >= 0.3 is 0 Å². The first-order valence-corrected chi connectivity index (χ1v) is 0. The molecule has 0 unspecified atom stereocenters.